The minimum Gasteiger partial charge on any atom is -0.497 e. The van der Waals surface area contributed by atoms with Crippen LogP contribution in [0.15, 0.2) is 60.9 Å². The Morgan fingerprint density at radius 2 is 1.89 bits per heavy atom. The van der Waals surface area contributed by atoms with Gasteiger partial charge in [0.05, 0.1) is 12.9 Å². The number of aromatic nitrogens is 2. The van der Waals surface area contributed by atoms with Crippen LogP contribution < -0.4 is 10.1 Å². The van der Waals surface area contributed by atoms with Crippen LogP contribution in [-0.2, 0) is 17.6 Å². The predicted molar refractivity (Wildman–Crippen MR) is 114 cm³/mol. The molecule has 28 heavy (non-hydrogen) atoms. The molecule has 1 amide bonds. The van der Waals surface area contributed by atoms with E-state index in [1.165, 1.54) is 11.1 Å². The summed E-state index contributed by atoms with van der Waals surface area (Å²) in [4.78, 5) is 17.0. The lowest BCUT2D eigenvalue weighted by atomic mass is 10.1. The first-order valence-electron chi connectivity index (χ1n) is 9.10. The highest BCUT2D eigenvalue weighted by molar-refractivity contribution is 7.99. The maximum Gasteiger partial charge on any atom is 0.230 e. The highest BCUT2D eigenvalue weighted by Gasteiger charge is 2.20. The van der Waals surface area contributed by atoms with Gasteiger partial charge in [0.2, 0.25) is 5.91 Å². The lowest BCUT2D eigenvalue weighted by molar-refractivity contribution is -0.119. The van der Waals surface area contributed by atoms with E-state index in [0.29, 0.717) is 5.75 Å². The molecule has 5 nitrogen and oxygen atoms in total. The van der Waals surface area contributed by atoms with Gasteiger partial charge in [-0.2, -0.15) is 0 Å². The summed E-state index contributed by atoms with van der Waals surface area (Å²) in [5.74, 6) is 2.76. The maximum atomic E-state index is 12.6. The number of hydrogen-bond acceptors (Lipinski definition) is 4. The zero-order chi connectivity index (χ0) is 19.9. The van der Waals surface area contributed by atoms with Gasteiger partial charge in [0.1, 0.15) is 17.6 Å². The van der Waals surface area contributed by atoms with Gasteiger partial charge in [-0.05, 0) is 30.2 Å². The number of methoxy groups -OCH3 is 1. The Hall–Kier alpha value is -2.73. The molecule has 2 aromatic carbocycles. The van der Waals surface area contributed by atoms with E-state index in [-0.39, 0.29) is 11.9 Å². The third-order valence-electron chi connectivity index (χ3n) is 4.49. The molecular formula is C22H25N3O2S. The van der Waals surface area contributed by atoms with Crippen LogP contribution in [0.4, 0.5) is 0 Å². The molecule has 3 aromatic rings. The number of carbonyl (C=O) groups excluding carboxylic acids is 1. The second kappa shape index (κ2) is 9.46. The molecule has 3 rings (SSSR count). The number of hydrogen-bond donors (Lipinski definition) is 1. The number of nitrogens with zero attached hydrogens (tertiary/aromatic N) is 2. The van der Waals surface area contributed by atoms with Crippen molar-refractivity contribution in [1.82, 2.24) is 14.9 Å². The minimum atomic E-state index is -0.307. The first-order valence-corrected chi connectivity index (χ1v) is 10.3. The van der Waals surface area contributed by atoms with Gasteiger partial charge in [0.25, 0.3) is 0 Å². The quantitative estimate of drug-likeness (QED) is 0.629. The van der Waals surface area contributed by atoms with Crippen molar-refractivity contribution in [3.05, 3.63) is 83.4 Å². The van der Waals surface area contributed by atoms with Crippen LogP contribution in [0.5, 0.6) is 5.75 Å². The smallest absolute Gasteiger partial charge is 0.230 e. The second-order valence-corrected chi connectivity index (χ2v) is 7.63. The highest BCUT2D eigenvalue weighted by Crippen LogP contribution is 2.23. The molecule has 0 aliphatic carbocycles. The zero-order valence-electron chi connectivity index (χ0n) is 16.4. The van der Waals surface area contributed by atoms with E-state index in [1.54, 1.807) is 25.1 Å². The standard InChI is InChI=1S/C22H25N3O2S/c1-16-4-6-17(7-5-16)14-28-15-20(26)24-21(22-23-12-13-25(22)2)18-8-10-19(27-3)11-9-18/h4-13,21H,14-15H2,1-3H3,(H,24,26). The molecule has 146 valence electrons. The van der Waals surface area contributed by atoms with Crippen LogP contribution in [-0.4, -0.2) is 28.3 Å². The van der Waals surface area contributed by atoms with Crippen molar-refractivity contribution < 1.29 is 9.53 Å². The summed E-state index contributed by atoms with van der Waals surface area (Å²) >= 11 is 1.61. The van der Waals surface area contributed by atoms with Crippen molar-refractivity contribution in [1.29, 1.82) is 0 Å². The van der Waals surface area contributed by atoms with Crippen molar-refractivity contribution >= 4 is 17.7 Å². The Bertz CT molecular complexity index is 904. The van der Waals surface area contributed by atoms with Crippen molar-refractivity contribution in [3.63, 3.8) is 0 Å². The van der Waals surface area contributed by atoms with E-state index in [1.807, 2.05) is 42.1 Å². The van der Waals surface area contributed by atoms with Gasteiger partial charge in [0.15, 0.2) is 0 Å². The van der Waals surface area contributed by atoms with Crippen LogP contribution in [0, 0.1) is 6.92 Å². The first-order chi connectivity index (χ1) is 13.6. The van der Waals surface area contributed by atoms with Gasteiger partial charge in [-0.1, -0.05) is 42.0 Å². The molecule has 0 bridgehead atoms. The molecule has 1 unspecified atom stereocenters. The summed E-state index contributed by atoms with van der Waals surface area (Å²) in [5.41, 5.74) is 3.43. The lowest BCUT2D eigenvalue weighted by Gasteiger charge is -2.19. The summed E-state index contributed by atoms with van der Waals surface area (Å²) in [5, 5.41) is 3.13. The number of thioether (sulfide) groups is 1. The van der Waals surface area contributed by atoms with Gasteiger partial charge < -0.3 is 14.6 Å². The third-order valence-corrected chi connectivity index (χ3v) is 5.50. The van der Waals surface area contributed by atoms with E-state index in [2.05, 4.69) is 41.5 Å². The Balaban J connectivity index is 1.65. The van der Waals surface area contributed by atoms with E-state index < -0.39 is 0 Å². The Labute approximate surface area is 170 Å². The fourth-order valence-corrected chi connectivity index (χ4v) is 3.70. The number of carbonyl (C=O) groups is 1. The number of amides is 1. The molecule has 1 N–H and O–H groups in total. The predicted octanol–water partition coefficient (Wildman–Crippen LogP) is 3.88. The van der Waals surface area contributed by atoms with E-state index >= 15 is 0 Å². The van der Waals surface area contributed by atoms with Gasteiger partial charge in [-0.15, -0.1) is 11.8 Å². The third kappa shape index (κ3) is 5.16. The summed E-state index contributed by atoms with van der Waals surface area (Å²) in [6.45, 7) is 2.07. The second-order valence-electron chi connectivity index (χ2n) is 6.65. The van der Waals surface area contributed by atoms with Crippen molar-refractivity contribution in [2.75, 3.05) is 12.9 Å². The van der Waals surface area contributed by atoms with Crippen molar-refractivity contribution in [2.45, 2.75) is 18.7 Å². The number of imidazole rings is 1. The van der Waals surface area contributed by atoms with E-state index in [9.17, 15) is 4.79 Å². The molecule has 0 saturated carbocycles. The number of nitrogens with one attached hydrogen (secondary N) is 1. The average Bonchev–Trinajstić information content (AvgIpc) is 3.13. The van der Waals surface area contributed by atoms with E-state index in [0.717, 1.165) is 22.9 Å². The SMILES string of the molecule is COc1ccc(C(NC(=O)CSCc2ccc(C)cc2)c2nccn2C)cc1. The van der Waals surface area contributed by atoms with Crippen LogP contribution in [0.1, 0.15) is 28.6 Å². The van der Waals surface area contributed by atoms with Gasteiger partial charge in [0, 0.05) is 25.2 Å². The maximum absolute atomic E-state index is 12.6. The fourth-order valence-electron chi connectivity index (χ4n) is 2.90. The molecule has 1 atom stereocenters. The number of rotatable bonds is 8. The van der Waals surface area contributed by atoms with Gasteiger partial charge in [-0.25, -0.2) is 4.98 Å². The van der Waals surface area contributed by atoms with Crippen molar-refractivity contribution in [2.24, 2.45) is 7.05 Å². The summed E-state index contributed by atoms with van der Waals surface area (Å²) in [6, 6.07) is 15.8. The molecule has 0 fully saturated rings. The molecular weight excluding hydrogens is 370 g/mol. The molecule has 0 spiro atoms. The Morgan fingerprint density at radius 1 is 1.18 bits per heavy atom. The first kappa shape index (κ1) is 20.0. The molecule has 0 saturated heterocycles. The summed E-state index contributed by atoms with van der Waals surface area (Å²) < 4.78 is 7.16. The van der Waals surface area contributed by atoms with Crippen LogP contribution in [0.3, 0.4) is 0 Å². The van der Waals surface area contributed by atoms with Crippen LogP contribution in [0.2, 0.25) is 0 Å². The van der Waals surface area contributed by atoms with Crippen LogP contribution >= 0.6 is 11.8 Å². The fraction of sp³-hybridized carbons (Fsp3) is 0.273. The molecule has 1 aromatic heterocycles. The summed E-state index contributed by atoms with van der Waals surface area (Å²) in [7, 11) is 3.56. The number of ether oxygens (including phenoxy) is 1. The molecule has 0 aliphatic rings. The molecule has 6 heteroatoms. The average molecular weight is 396 g/mol. The number of aryl methyl sites for hydroxylation is 2. The topological polar surface area (TPSA) is 56.1 Å². The molecule has 1 heterocycles. The van der Waals surface area contributed by atoms with E-state index in [4.69, 9.17) is 4.74 Å². The highest BCUT2D eigenvalue weighted by atomic mass is 32.2. The monoisotopic (exact) mass is 395 g/mol. The van der Waals surface area contributed by atoms with Gasteiger partial charge in [-0.3, -0.25) is 4.79 Å². The normalized spacial score (nSPS) is 11.8. The van der Waals surface area contributed by atoms with Crippen molar-refractivity contribution in [3.8, 4) is 5.75 Å². The Morgan fingerprint density at radius 3 is 2.50 bits per heavy atom. The number of benzene rings is 2. The zero-order valence-corrected chi connectivity index (χ0v) is 17.2. The molecule has 0 aliphatic heterocycles. The molecule has 0 radical (unpaired) electrons. The Kier molecular flexibility index (Phi) is 6.76. The largest absolute Gasteiger partial charge is 0.497 e. The summed E-state index contributed by atoms with van der Waals surface area (Å²) in [6.07, 6.45) is 3.62. The van der Waals surface area contributed by atoms with Gasteiger partial charge >= 0.3 is 0 Å². The minimum absolute atomic E-state index is 0.0130. The lowest BCUT2D eigenvalue weighted by Crippen LogP contribution is -2.32. The van der Waals surface area contributed by atoms with Crippen LogP contribution in [0.25, 0.3) is 0 Å².